The van der Waals surface area contributed by atoms with E-state index in [2.05, 4.69) is 11.4 Å². The van der Waals surface area contributed by atoms with E-state index in [1.165, 1.54) is 13.2 Å². The second-order valence-electron chi connectivity index (χ2n) is 5.98. The summed E-state index contributed by atoms with van der Waals surface area (Å²) in [7, 11) is 4.62. The molecule has 2 rings (SSSR count). The Kier molecular flexibility index (Phi) is 9.00. The van der Waals surface area contributed by atoms with Crippen LogP contribution in [0.15, 0.2) is 42.5 Å². The molecule has 1 atom stereocenters. The molecule has 0 saturated carbocycles. The zero-order valence-corrected chi connectivity index (χ0v) is 17.5. The lowest BCUT2D eigenvalue weighted by molar-refractivity contribution is -0.117. The van der Waals surface area contributed by atoms with Crippen molar-refractivity contribution in [1.29, 1.82) is 5.26 Å². The summed E-state index contributed by atoms with van der Waals surface area (Å²) >= 11 is 0. The number of amides is 1. The van der Waals surface area contributed by atoms with Gasteiger partial charge < -0.3 is 25.3 Å². The van der Waals surface area contributed by atoms with Crippen molar-refractivity contribution in [2.75, 3.05) is 26.6 Å². The minimum Gasteiger partial charge on any atom is -0.497 e. The van der Waals surface area contributed by atoms with Crippen LogP contribution in [0.1, 0.15) is 18.1 Å². The SMILES string of the molecule is COc1cc(OC)cc(C(=CC#N)c2ccc(OC)c(NC(=O)C(C)N)c2)c1.Cl. The maximum atomic E-state index is 12.0. The Morgan fingerprint density at radius 1 is 1.07 bits per heavy atom. The second kappa shape index (κ2) is 11.0. The standard InChI is InChI=1S/C21H23N3O4.ClH/c1-13(23)21(25)24-19-11-14(5-6-20(19)28-4)18(7-8-22)15-9-16(26-2)12-17(10-15)27-3;/h5-7,9-13H,23H2,1-4H3,(H,24,25);1H. The third-order valence-electron chi connectivity index (χ3n) is 4.05. The first-order valence-corrected chi connectivity index (χ1v) is 8.51. The van der Waals surface area contributed by atoms with Crippen molar-refractivity contribution in [2.45, 2.75) is 13.0 Å². The average Bonchev–Trinajstić information content (AvgIpc) is 2.71. The molecule has 0 aliphatic carbocycles. The Morgan fingerprint density at radius 3 is 2.17 bits per heavy atom. The van der Waals surface area contributed by atoms with Gasteiger partial charge in [0.05, 0.1) is 39.1 Å². The number of halogens is 1. The molecular formula is C21H24ClN3O4. The predicted octanol–water partition coefficient (Wildman–Crippen LogP) is 3.38. The molecular weight excluding hydrogens is 394 g/mol. The first kappa shape index (κ1) is 23.8. The van der Waals surface area contributed by atoms with Gasteiger partial charge in [-0.15, -0.1) is 12.4 Å². The second-order valence-corrected chi connectivity index (χ2v) is 5.98. The quantitative estimate of drug-likeness (QED) is 0.669. The van der Waals surface area contributed by atoms with Crippen molar-refractivity contribution in [3.8, 4) is 23.3 Å². The van der Waals surface area contributed by atoms with Gasteiger partial charge in [0.2, 0.25) is 5.91 Å². The molecule has 29 heavy (non-hydrogen) atoms. The van der Waals surface area contributed by atoms with Crippen LogP contribution in [-0.2, 0) is 4.79 Å². The van der Waals surface area contributed by atoms with E-state index in [-0.39, 0.29) is 18.3 Å². The molecule has 154 valence electrons. The first-order valence-electron chi connectivity index (χ1n) is 8.51. The molecule has 0 aliphatic rings. The van der Waals surface area contributed by atoms with Crippen LogP contribution in [-0.4, -0.2) is 33.3 Å². The number of nitrogens with two attached hydrogens (primary N) is 1. The van der Waals surface area contributed by atoms with E-state index in [9.17, 15) is 10.1 Å². The number of nitrogens with zero attached hydrogens (tertiary/aromatic N) is 1. The van der Waals surface area contributed by atoms with Gasteiger partial charge >= 0.3 is 0 Å². The molecule has 0 aromatic heterocycles. The molecule has 0 saturated heterocycles. The number of ether oxygens (including phenoxy) is 3. The van der Waals surface area contributed by atoms with Gasteiger partial charge in [0.1, 0.15) is 17.2 Å². The van der Waals surface area contributed by atoms with Crippen LogP contribution in [0.2, 0.25) is 0 Å². The van der Waals surface area contributed by atoms with Gasteiger partial charge in [-0.2, -0.15) is 5.26 Å². The Balaban J connectivity index is 0.00000420. The highest BCUT2D eigenvalue weighted by molar-refractivity contribution is 5.96. The lowest BCUT2D eigenvalue weighted by Crippen LogP contribution is -2.32. The van der Waals surface area contributed by atoms with Gasteiger partial charge in [-0.25, -0.2) is 0 Å². The molecule has 0 bridgehead atoms. The maximum absolute atomic E-state index is 12.0. The number of nitriles is 1. The summed E-state index contributed by atoms with van der Waals surface area (Å²) in [5.74, 6) is 1.33. The number of hydrogen-bond donors (Lipinski definition) is 2. The number of allylic oxidation sites excluding steroid dienone is 1. The van der Waals surface area contributed by atoms with E-state index < -0.39 is 6.04 Å². The van der Waals surface area contributed by atoms with E-state index in [4.69, 9.17) is 19.9 Å². The smallest absolute Gasteiger partial charge is 0.241 e. The predicted molar refractivity (Wildman–Crippen MR) is 115 cm³/mol. The number of carbonyl (C=O) groups excluding carboxylic acids is 1. The maximum Gasteiger partial charge on any atom is 0.241 e. The first-order chi connectivity index (χ1) is 13.4. The van der Waals surface area contributed by atoms with E-state index in [1.54, 1.807) is 57.5 Å². The van der Waals surface area contributed by atoms with Crippen molar-refractivity contribution < 1.29 is 19.0 Å². The highest BCUT2D eigenvalue weighted by Gasteiger charge is 2.15. The molecule has 1 amide bonds. The van der Waals surface area contributed by atoms with Crippen LogP contribution >= 0.6 is 12.4 Å². The summed E-state index contributed by atoms with van der Waals surface area (Å²) in [6, 6.07) is 12.0. The minimum atomic E-state index is -0.676. The Bertz CT molecular complexity index is 914. The van der Waals surface area contributed by atoms with Gasteiger partial charge in [0.15, 0.2) is 0 Å². The van der Waals surface area contributed by atoms with Crippen LogP contribution < -0.4 is 25.3 Å². The van der Waals surface area contributed by atoms with E-state index in [1.807, 2.05) is 0 Å². The van der Waals surface area contributed by atoms with Gasteiger partial charge in [-0.3, -0.25) is 4.79 Å². The van der Waals surface area contributed by atoms with Crippen LogP contribution in [0.3, 0.4) is 0 Å². The monoisotopic (exact) mass is 417 g/mol. The zero-order valence-electron chi connectivity index (χ0n) is 16.7. The number of anilines is 1. The molecule has 0 fully saturated rings. The molecule has 0 aliphatic heterocycles. The Morgan fingerprint density at radius 2 is 1.69 bits per heavy atom. The summed E-state index contributed by atoms with van der Waals surface area (Å²) in [4.78, 5) is 12.0. The summed E-state index contributed by atoms with van der Waals surface area (Å²) in [6.07, 6.45) is 1.42. The number of carbonyl (C=O) groups is 1. The molecule has 0 radical (unpaired) electrons. The molecule has 1 unspecified atom stereocenters. The summed E-state index contributed by atoms with van der Waals surface area (Å²) in [5, 5.41) is 12.0. The van der Waals surface area contributed by atoms with E-state index >= 15 is 0 Å². The molecule has 0 heterocycles. The van der Waals surface area contributed by atoms with Crippen LogP contribution in [0.5, 0.6) is 17.2 Å². The molecule has 8 heteroatoms. The number of hydrogen-bond acceptors (Lipinski definition) is 6. The van der Waals surface area contributed by atoms with Crippen molar-refractivity contribution >= 4 is 29.6 Å². The van der Waals surface area contributed by atoms with Gasteiger partial charge in [0, 0.05) is 12.1 Å². The Labute approximate surface area is 176 Å². The topological polar surface area (TPSA) is 107 Å². The fourth-order valence-electron chi connectivity index (χ4n) is 2.58. The fraction of sp³-hybridized carbons (Fsp3) is 0.238. The highest BCUT2D eigenvalue weighted by Crippen LogP contribution is 2.34. The Hall–Kier alpha value is -3.21. The summed E-state index contributed by atoms with van der Waals surface area (Å²) in [6.45, 7) is 1.59. The van der Waals surface area contributed by atoms with Crippen molar-refractivity contribution in [2.24, 2.45) is 5.73 Å². The highest BCUT2D eigenvalue weighted by atomic mass is 35.5. The van der Waals surface area contributed by atoms with E-state index in [0.717, 1.165) is 5.56 Å². The normalized spacial score (nSPS) is 11.5. The molecule has 0 spiro atoms. The molecule has 2 aromatic rings. The van der Waals surface area contributed by atoms with Crippen molar-refractivity contribution in [1.82, 2.24) is 0 Å². The zero-order chi connectivity index (χ0) is 20.7. The van der Waals surface area contributed by atoms with Gasteiger partial charge in [0.25, 0.3) is 0 Å². The van der Waals surface area contributed by atoms with Gasteiger partial charge in [-0.1, -0.05) is 6.07 Å². The third-order valence-corrected chi connectivity index (χ3v) is 4.05. The van der Waals surface area contributed by atoms with Crippen molar-refractivity contribution in [3.63, 3.8) is 0 Å². The van der Waals surface area contributed by atoms with E-state index in [0.29, 0.717) is 34.1 Å². The molecule has 7 nitrogen and oxygen atoms in total. The summed E-state index contributed by atoms with van der Waals surface area (Å²) < 4.78 is 16.0. The number of benzene rings is 2. The fourth-order valence-corrected chi connectivity index (χ4v) is 2.58. The third kappa shape index (κ3) is 5.88. The molecule has 3 N–H and O–H groups in total. The van der Waals surface area contributed by atoms with Crippen LogP contribution in [0, 0.1) is 11.3 Å². The largest absolute Gasteiger partial charge is 0.497 e. The number of methoxy groups -OCH3 is 3. The van der Waals surface area contributed by atoms with Gasteiger partial charge in [-0.05, 0) is 47.9 Å². The van der Waals surface area contributed by atoms with Crippen LogP contribution in [0.4, 0.5) is 5.69 Å². The summed E-state index contributed by atoms with van der Waals surface area (Å²) in [5.41, 5.74) is 8.17. The van der Waals surface area contributed by atoms with Crippen molar-refractivity contribution in [3.05, 3.63) is 53.6 Å². The average molecular weight is 418 g/mol. The molecule has 2 aromatic carbocycles. The number of nitrogens with one attached hydrogen (secondary N) is 1. The lowest BCUT2D eigenvalue weighted by atomic mass is 9.96. The number of rotatable bonds is 7. The van der Waals surface area contributed by atoms with Crippen LogP contribution in [0.25, 0.3) is 5.57 Å². The lowest BCUT2D eigenvalue weighted by Gasteiger charge is -2.16. The minimum absolute atomic E-state index is 0.